The summed E-state index contributed by atoms with van der Waals surface area (Å²) in [6, 6.07) is 2.60. The summed E-state index contributed by atoms with van der Waals surface area (Å²) in [6.45, 7) is 0.0184. The fourth-order valence-electron chi connectivity index (χ4n) is 1.53. The van der Waals surface area contributed by atoms with Gasteiger partial charge in [-0.1, -0.05) is 0 Å². The average molecular weight is 260 g/mol. The Labute approximate surface area is 99.2 Å². The van der Waals surface area contributed by atoms with Crippen molar-refractivity contribution in [1.82, 2.24) is 4.98 Å². The van der Waals surface area contributed by atoms with Crippen LogP contribution in [0, 0.1) is 5.82 Å². The lowest BCUT2D eigenvalue weighted by molar-refractivity contribution is -0.139. The predicted molar refractivity (Wildman–Crippen MR) is 54.8 cm³/mol. The lowest BCUT2D eigenvalue weighted by Gasteiger charge is -2.09. The number of rotatable bonds is 2. The average Bonchev–Trinajstić information content (AvgIpc) is 2.76. The third-order valence-electron chi connectivity index (χ3n) is 2.37. The molecule has 0 spiro atoms. The summed E-state index contributed by atoms with van der Waals surface area (Å²) in [6.07, 6.45) is -3.68. The van der Waals surface area contributed by atoms with E-state index in [0.29, 0.717) is 11.8 Å². The Hall–Kier alpha value is -1.89. The van der Waals surface area contributed by atoms with E-state index in [1.807, 2.05) is 0 Å². The van der Waals surface area contributed by atoms with E-state index in [1.165, 1.54) is 6.07 Å². The van der Waals surface area contributed by atoms with Gasteiger partial charge in [0.2, 0.25) is 0 Å². The molecule has 2 N–H and O–H groups in total. The normalized spacial score (nSPS) is 11.8. The Kier molecular flexibility index (Phi) is 3.08. The van der Waals surface area contributed by atoms with E-state index in [0.717, 1.165) is 12.5 Å². The molecule has 0 unspecified atom stereocenters. The van der Waals surface area contributed by atoms with Gasteiger partial charge in [-0.2, -0.15) is 13.2 Å². The summed E-state index contributed by atoms with van der Waals surface area (Å²) in [5.41, 5.74) is 4.42. The van der Waals surface area contributed by atoms with Crippen LogP contribution in [0.4, 0.5) is 17.6 Å². The van der Waals surface area contributed by atoms with Crippen LogP contribution >= 0.6 is 0 Å². The zero-order valence-electron chi connectivity index (χ0n) is 8.96. The minimum atomic E-state index is -4.76. The molecule has 1 aromatic heterocycles. The van der Waals surface area contributed by atoms with Crippen molar-refractivity contribution in [2.45, 2.75) is 12.7 Å². The van der Waals surface area contributed by atoms with Gasteiger partial charge < -0.3 is 10.2 Å². The van der Waals surface area contributed by atoms with Gasteiger partial charge in [0.25, 0.3) is 0 Å². The van der Waals surface area contributed by atoms with Gasteiger partial charge in [0.1, 0.15) is 11.5 Å². The Morgan fingerprint density at radius 1 is 1.28 bits per heavy atom. The van der Waals surface area contributed by atoms with Crippen molar-refractivity contribution in [2.24, 2.45) is 5.73 Å². The first-order valence-corrected chi connectivity index (χ1v) is 4.93. The molecular weight excluding hydrogens is 252 g/mol. The van der Waals surface area contributed by atoms with Crippen LogP contribution < -0.4 is 5.73 Å². The van der Waals surface area contributed by atoms with E-state index in [-0.39, 0.29) is 17.9 Å². The van der Waals surface area contributed by atoms with Crippen LogP contribution in [-0.4, -0.2) is 4.98 Å². The molecule has 0 bridgehead atoms. The van der Waals surface area contributed by atoms with Gasteiger partial charge in [0.15, 0.2) is 12.2 Å². The third kappa shape index (κ3) is 2.21. The number of benzene rings is 1. The second-order valence-corrected chi connectivity index (χ2v) is 3.52. The standard InChI is InChI=1S/C11H8F4N2O/c12-8-2-1-6(3-7(8)11(13,14)15)10-9(4-16)17-5-18-10/h1-3,5H,4,16H2. The largest absolute Gasteiger partial charge is 0.443 e. The van der Waals surface area contributed by atoms with E-state index in [9.17, 15) is 17.6 Å². The van der Waals surface area contributed by atoms with Gasteiger partial charge >= 0.3 is 6.18 Å². The van der Waals surface area contributed by atoms with E-state index >= 15 is 0 Å². The molecule has 1 aromatic carbocycles. The van der Waals surface area contributed by atoms with Crippen molar-refractivity contribution in [2.75, 3.05) is 0 Å². The predicted octanol–water partition coefficient (Wildman–Crippen LogP) is 2.96. The third-order valence-corrected chi connectivity index (χ3v) is 2.37. The van der Waals surface area contributed by atoms with Crippen LogP contribution in [0.3, 0.4) is 0 Å². The van der Waals surface area contributed by atoms with Crippen LogP contribution in [0.2, 0.25) is 0 Å². The van der Waals surface area contributed by atoms with Gasteiger partial charge in [-0.25, -0.2) is 9.37 Å². The van der Waals surface area contributed by atoms with E-state index in [2.05, 4.69) is 4.98 Å². The lowest BCUT2D eigenvalue weighted by Crippen LogP contribution is -2.08. The molecule has 0 saturated carbocycles. The summed E-state index contributed by atoms with van der Waals surface area (Å²) < 4.78 is 55.7. The monoisotopic (exact) mass is 260 g/mol. The number of aromatic nitrogens is 1. The second-order valence-electron chi connectivity index (χ2n) is 3.52. The van der Waals surface area contributed by atoms with Crippen LogP contribution in [0.15, 0.2) is 29.0 Å². The fourth-order valence-corrected chi connectivity index (χ4v) is 1.53. The molecule has 1 heterocycles. The topological polar surface area (TPSA) is 52.0 Å². The summed E-state index contributed by atoms with van der Waals surface area (Å²) in [4.78, 5) is 3.76. The van der Waals surface area contributed by atoms with Crippen molar-refractivity contribution < 1.29 is 22.0 Å². The van der Waals surface area contributed by atoms with Crippen molar-refractivity contribution in [3.63, 3.8) is 0 Å². The van der Waals surface area contributed by atoms with Crippen molar-refractivity contribution in [3.8, 4) is 11.3 Å². The number of halogens is 4. The lowest BCUT2D eigenvalue weighted by atomic mass is 10.1. The zero-order chi connectivity index (χ0) is 13.3. The highest BCUT2D eigenvalue weighted by atomic mass is 19.4. The summed E-state index contributed by atoms with van der Waals surface area (Å²) in [5.74, 6) is -1.22. The van der Waals surface area contributed by atoms with Gasteiger partial charge in [0, 0.05) is 12.1 Å². The minimum absolute atomic E-state index is 0.0184. The maximum Gasteiger partial charge on any atom is 0.419 e. The molecule has 2 rings (SSSR count). The summed E-state index contributed by atoms with van der Waals surface area (Å²) >= 11 is 0. The molecule has 7 heteroatoms. The molecule has 0 saturated heterocycles. The smallest absolute Gasteiger partial charge is 0.419 e. The maximum atomic E-state index is 13.1. The first-order valence-electron chi connectivity index (χ1n) is 4.93. The van der Waals surface area contributed by atoms with E-state index in [1.54, 1.807) is 0 Å². The quantitative estimate of drug-likeness (QED) is 0.844. The van der Waals surface area contributed by atoms with Crippen LogP contribution in [0.5, 0.6) is 0 Å². The summed E-state index contributed by atoms with van der Waals surface area (Å²) in [7, 11) is 0. The minimum Gasteiger partial charge on any atom is -0.443 e. The molecule has 0 aliphatic carbocycles. The van der Waals surface area contributed by atoms with Crippen LogP contribution in [-0.2, 0) is 12.7 Å². The highest BCUT2D eigenvalue weighted by Crippen LogP contribution is 2.34. The van der Waals surface area contributed by atoms with Gasteiger partial charge in [-0.15, -0.1) is 0 Å². The number of nitrogens with zero attached hydrogens (tertiary/aromatic N) is 1. The molecule has 0 aliphatic rings. The molecule has 96 valence electrons. The maximum absolute atomic E-state index is 13.1. The molecule has 0 aliphatic heterocycles. The molecule has 0 atom stereocenters. The molecular formula is C11H8F4N2O. The number of nitrogens with two attached hydrogens (primary N) is 1. The number of oxazole rings is 1. The second kappa shape index (κ2) is 4.41. The highest BCUT2D eigenvalue weighted by molar-refractivity contribution is 5.61. The highest BCUT2D eigenvalue weighted by Gasteiger charge is 2.34. The zero-order valence-corrected chi connectivity index (χ0v) is 8.96. The Balaban J connectivity index is 2.54. The first-order chi connectivity index (χ1) is 8.43. The summed E-state index contributed by atoms with van der Waals surface area (Å²) in [5, 5.41) is 0. The van der Waals surface area contributed by atoms with Crippen molar-refractivity contribution in [3.05, 3.63) is 41.7 Å². The fraction of sp³-hybridized carbons (Fsp3) is 0.182. The van der Waals surface area contributed by atoms with Crippen LogP contribution in [0.1, 0.15) is 11.3 Å². The van der Waals surface area contributed by atoms with E-state index in [4.69, 9.17) is 10.2 Å². The SMILES string of the molecule is NCc1ncoc1-c1ccc(F)c(C(F)(F)F)c1. The van der Waals surface area contributed by atoms with Gasteiger partial charge in [-0.3, -0.25) is 0 Å². The van der Waals surface area contributed by atoms with Gasteiger partial charge in [-0.05, 0) is 18.2 Å². The molecule has 18 heavy (non-hydrogen) atoms. The number of hydrogen-bond donors (Lipinski definition) is 1. The van der Waals surface area contributed by atoms with Gasteiger partial charge in [0.05, 0.1) is 5.56 Å². The molecule has 3 nitrogen and oxygen atoms in total. The van der Waals surface area contributed by atoms with E-state index < -0.39 is 17.6 Å². The molecule has 0 radical (unpaired) electrons. The Bertz CT molecular complexity index is 562. The van der Waals surface area contributed by atoms with Crippen molar-refractivity contribution in [1.29, 1.82) is 0 Å². The Morgan fingerprint density at radius 3 is 2.61 bits per heavy atom. The Morgan fingerprint density at radius 2 is 2.00 bits per heavy atom. The molecule has 0 amide bonds. The molecule has 2 aromatic rings. The number of alkyl halides is 3. The molecule has 0 fully saturated rings. The van der Waals surface area contributed by atoms with Crippen LogP contribution in [0.25, 0.3) is 11.3 Å². The van der Waals surface area contributed by atoms with Crippen molar-refractivity contribution >= 4 is 0 Å². The number of hydrogen-bond acceptors (Lipinski definition) is 3. The first kappa shape index (κ1) is 12.6.